The van der Waals surface area contributed by atoms with Gasteiger partial charge in [0.2, 0.25) is 0 Å². The average molecular weight is 446 g/mol. The minimum atomic E-state index is 0.0151. The first-order chi connectivity index (χ1) is 16.0. The number of aliphatic imine (C=N–C) groups is 1. The van der Waals surface area contributed by atoms with E-state index in [9.17, 15) is 0 Å². The minimum Gasteiger partial charge on any atom is -0.488 e. The lowest BCUT2D eigenvalue weighted by atomic mass is 10.0. The number of aromatic nitrogens is 2. The zero-order valence-corrected chi connectivity index (χ0v) is 20.1. The van der Waals surface area contributed by atoms with Crippen molar-refractivity contribution >= 4 is 11.5 Å². The molecule has 174 valence electrons. The highest BCUT2D eigenvalue weighted by atomic mass is 16.5. The number of benzene rings is 1. The Morgan fingerprint density at radius 1 is 1.15 bits per heavy atom. The summed E-state index contributed by atoms with van der Waals surface area (Å²) in [6.45, 7) is 10.8. The highest BCUT2D eigenvalue weighted by Crippen LogP contribution is 2.40. The van der Waals surface area contributed by atoms with E-state index < -0.39 is 0 Å². The Hall–Kier alpha value is -2.47. The van der Waals surface area contributed by atoms with Crippen LogP contribution in [-0.2, 0) is 6.54 Å². The lowest BCUT2D eigenvalue weighted by molar-refractivity contribution is 0.128. The van der Waals surface area contributed by atoms with Crippen molar-refractivity contribution in [2.24, 2.45) is 10.9 Å². The van der Waals surface area contributed by atoms with Gasteiger partial charge in [-0.25, -0.2) is 9.97 Å². The van der Waals surface area contributed by atoms with Crippen LogP contribution in [0.5, 0.6) is 5.75 Å². The normalized spacial score (nSPS) is 24.9. The first kappa shape index (κ1) is 21.1. The molecule has 2 aliphatic heterocycles. The molecule has 0 radical (unpaired) electrons. The van der Waals surface area contributed by atoms with E-state index in [1.54, 1.807) is 6.33 Å². The highest BCUT2D eigenvalue weighted by Gasteiger charge is 2.40. The van der Waals surface area contributed by atoms with Crippen LogP contribution in [0.2, 0.25) is 0 Å². The number of ether oxygens (including phenoxy) is 1. The molecule has 0 N–H and O–H groups in total. The van der Waals surface area contributed by atoms with Crippen LogP contribution in [0, 0.1) is 5.92 Å². The van der Waals surface area contributed by atoms with Gasteiger partial charge in [0.25, 0.3) is 0 Å². The van der Waals surface area contributed by atoms with Gasteiger partial charge in [0, 0.05) is 43.3 Å². The van der Waals surface area contributed by atoms with Crippen LogP contribution in [0.1, 0.15) is 69.7 Å². The summed E-state index contributed by atoms with van der Waals surface area (Å²) < 4.78 is 6.21. The summed E-state index contributed by atoms with van der Waals surface area (Å²) in [5, 5.41) is 0. The SMILES string of the molecule is CC(CC1CC1)N1CCN(c2cc(C3=NCc4ccc(OC5(C)CC5)cc43)ncn2)C[C@@H]1C. The van der Waals surface area contributed by atoms with E-state index >= 15 is 0 Å². The third-order valence-corrected chi connectivity index (χ3v) is 7.90. The van der Waals surface area contributed by atoms with Crippen molar-refractivity contribution in [1.82, 2.24) is 14.9 Å². The lowest BCUT2D eigenvalue weighted by Crippen LogP contribution is -2.55. The van der Waals surface area contributed by atoms with E-state index in [4.69, 9.17) is 9.73 Å². The van der Waals surface area contributed by atoms with Crippen molar-refractivity contribution in [1.29, 1.82) is 0 Å². The zero-order chi connectivity index (χ0) is 22.6. The number of nitrogens with zero attached hydrogens (tertiary/aromatic N) is 5. The summed E-state index contributed by atoms with van der Waals surface area (Å²) in [6, 6.07) is 9.71. The van der Waals surface area contributed by atoms with Gasteiger partial charge in [-0.15, -0.1) is 0 Å². The Bertz CT molecular complexity index is 1070. The fraction of sp³-hybridized carbons (Fsp3) is 0.593. The molecule has 6 nitrogen and oxygen atoms in total. The second-order valence-electron chi connectivity index (χ2n) is 10.9. The van der Waals surface area contributed by atoms with Crippen LogP contribution in [0.15, 0.2) is 35.6 Å². The number of anilines is 1. The predicted molar refractivity (Wildman–Crippen MR) is 131 cm³/mol. The van der Waals surface area contributed by atoms with Crippen molar-refractivity contribution < 1.29 is 4.74 Å². The van der Waals surface area contributed by atoms with Crippen molar-refractivity contribution in [3.05, 3.63) is 47.4 Å². The number of hydrogen-bond donors (Lipinski definition) is 0. The van der Waals surface area contributed by atoms with E-state index in [-0.39, 0.29) is 5.60 Å². The van der Waals surface area contributed by atoms with Crippen LogP contribution in [0.3, 0.4) is 0 Å². The first-order valence-electron chi connectivity index (χ1n) is 12.7. The maximum atomic E-state index is 6.21. The molecule has 0 spiro atoms. The van der Waals surface area contributed by atoms with E-state index in [1.807, 2.05) is 0 Å². The zero-order valence-electron chi connectivity index (χ0n) is 20.1. The molecule has 2 aliphatic carbocycles. The average Bonchev–Trinajstić information content (AvgIpc) is 3.72. The summed E-state index contributed by atoms with van der Waals surface area (Å²) in [5.41, 5.74) is 4.27. The third-order valence-electron chi connectivity index (χ3n) is 7.90. The third kappa shape index (κ3) is 4.37. The fourth-order valence-electron chi connectivity index (χ4n) is 5.46. The molecule has 2 saturated carbocycles. The summed E-state index contributed by atoms with van der Waals surface area (Å²) in [4.78, 5) is 19.2. The monoisotopic (exact) mass is 445 g/mol. The van der Waals surface area contributed by atoms with E-state index in [0.717, 1.165) is 66.9 Å². The van der Waals surface area contributed by atoms with Gasteiger partial charge in [0.15, 0.2) is 0 Å². The number of fused-ring (bicyclic) bond motifs is 1. The van der Waals surface area contributed by atoms with E-state index in [2.05, 4.69) is 64.8 Å². The van der Waals surface area contributed by atoms with Crippen molar-refractivity contribution in [2.75, 3.05) is 24.5 Å². The molecule has 1 unspecified atom stereocenters. The van der Waals surface area contributed by atoms with E-state index in [1.165, 1.54) is 24.8 Å². The Labute approximate surface area is 197 Å². The minimum absolute atomic E-state index is 0.0151. The van der Waals surface area contributed by atoms with Gasteiger partial charge in [0.05, 0.1) is 18.0 Å². The van der Waals surface area contributed by atoms with Crippen molar-refractivity contribution in [3.8, 4) is 5.75 Å². The predicted octanol–water partition coefficient (Wildman–Crippen LogP) is 4.46. The Morgan fingerprint density at radius 2 is 2.00 bits per heavy atom. The summed E-state index contributed by atoms with van der Waals surface area (Å²) >= 11 is 0. The van der Waals surface area contributed by atoms with Crippen molar-refractivity contribution in [2.45, 2.75) is 77.1 Å². The second-order valence-corrected chi connectivity index (χ2v) is 10.9. The summed E-state index contributed by atoms with van der Waals surface area (Å²) in [7, 11) is 0. The maximum absolute atomic E-state index is 6.21. The molecule has 3 fully saturated rings. The molecule has 6 rings (SSSR count). The van der Waals surface area contributed by atoms with E-state index in [0.29, 0.717) is 18.6 Å². The molecule has 1 aromatic carbocycles. The smallest absolute Gasteiger partial charge is 0.132 e. The number of rotatable bonds is 7. The van der Waals surface area contributed by atoms with Crippen LogP contribution in [0.25, 0.3) is 0 Å². The number of hydrogen-bond acceptors (Lipinski definition) is 6. The van der Waals surface area contributed by atoms with Gasteiger partial charge in [0.1, 0.15) is 23.5 Å². The molecule has 33 heavy (non-hydrogen) atoms. The van der Waals surface area contributed by atoms with Crippen LogP contribution < -0.4 is 9.64 Å². The molecular weight excluding hydrogens is 410 g/mol. The Morgan fingerprint density at radius 3 is 2.76 bits per heavy atom. The highest BCUT2D eigenvalue weighted by molar-refractivity contribution is 6.14. The van der Waals surface area contributed by atoms with Gasteiger partial charge >= 0.3 is 0 Å². The molecule has 3 heterocycles. The van der Waals surface area contributed by atoms with Crippen LogP contribution in [0.4, 0.5) is 5.82 Å². The van der Waals surface area contributed by atoms with Gasteiger partial charge in [-0.1, -0.05) is 18.9 Å². The molecule has 6 heteroatoms. The topological polar surface area (TPSA) is 53.9 Å². The van der Waals surface area contributed by atoms with Gasteiger partial charge in [-0.05, 0) is 63.6 Å². The Kier molecular flexibility index (Phi) is 5.17. The molecule has 1 saturated heterocycles. The molecule has 4 aliphatic rings. The van der Waals surface area contributed by atoms with Crippen LogP contribution >= 0.6 is 0 Å². The lowest BCUT2D eigenvalue weighted by Gasteiger charge is -2.43. The number of piperazine rings is 1. The Balaban J connectivity index is 1.18. The van der Waals surface area contributed by atoms with Crippen LogP contribution in [-0.4, -0.2) is 57.9 Å². The molecule has 2 aromatic rings. The van der Waals surface area contributed by atoms with Crippen molar-refractivity contribution in [3.63, 3.8) is 0 Å². The second kappa shape index (κ2) is 8.08. The fourth-order valence-corrected chi connectivity index (χ4v) is 5.46. The van der Waals surface area contributed by atoms with Gasteiger partial charge in [-0.3, -0.25) is 9.89 Å². The van der Waals surface area contributed by atoms with Gasteiger partial charge in [-0.2, -0.15) is 0 Å². The first-order valence-corrected chi connectivity index (χ1v) is 12.7. The molecule has 1 aromatic heterocycles. The molecule has 2 atom stereocenters. The molecular formula is C27H35N5O. The quantitative estimate of drug-likeness (QED) is 0.630. The van der Waals surface area contributed by atoms with Gasteiger partial charge < -0.3 is 9.64 Å². The summed E-state index contributed by atoms with van der Waals surface area (Å²) in [5.74, 6) is 2.92. The molecule has 0 bridgehead atoms. The maximum Gasteiger partial charge on any atom is 0.132 e. The molecule has 0 amide bonds. The standard InChI is InChI=1S/C27H35N5O/c1-18(12-20-4-5-20)32-11-10-31(16-19(32)2)25-14-24(29-17-30-25)26-23-13-22(33-27(3)8-9-27)7-6-21(23)15-28-26/h6-7,13-14,17-20H,4-5,8-12,15-16H2,1-3H3/t18?,19-/m0/s1. The summed E-state index contributed by atoms with van der Waals surface area (Å²) in [6.07, 6.45) is 8.18. The largest absolute Gasteiger partial charge is 0.488 e.